The first kappa shape index (κ1) is 14.5. The van der Waals surface area contributed by atoms with Gasteiger partial charge in [0.25, 0.3) is 0 Å². The van der Waals surface area contributed by atoms with E-state index in [9.17, 15) is 4.79 Å². The molecule has 22 heavy (non-hydrogen) atoms. The first-order valence-electron chi connectivity index (χ1n) is 7.75. The number of aromatic nitrogens is 2. The minimum absolute atomic E-state index is 0.0657. The van der Waals surface area contributed by atoms with Crippen LogP contribution in [0.15, 0.2) is 48.8 Å². The second-order valence-electron chi connectivity index (χ2n) is 5.57. The van der Waals surface area contributed by atoms with Crippen molar-refractivity contribution in [3.8, 4) is 0 Å². The van der Waals surface area contributed by atoms with Crippen LogP contribution in [0.4, 0.5) is 0 Å². The predicted octanol–water partition coefficient (Wildman–Crippen LogP) is 4.15. The fourth-order valence-corrected chi connectivity index (χ4v) is 2.98. The van der Waals surface area contributed by atoms with Crippen molar-refractivity contribution in [1.82, 2.24) is 9.55 Å². The van der Waals surface area contributed by atoms with Crippen LogP contribution >= 0.6 is 0 Å². The standard InChI is InChI=1S/C19H20N2O/c1-3-4-10-17-18(19(22)14-8-7-12-20-13-14)15-9-5-6-11-16(15)21(17)2/h5-9,11-13H,3-4,10H2,1-2H3. The van der Waals surface area contributed by atoms with Gasteiger partial charge in [-0.2, -0.15) is 0 Å². The summed E-state index contributed by atoms with van der Waals surface area (Å²) in [5, 5.41) is 1.03. The molecule has 3 nitrogen and oxygen atoms in total. The summed E-state index contributed by atoms with van der Waals surface area (Å²) < 4.78 is 2.16. The van der Waals surface area contributed by atoms with Crippen LogP contribution in [-0.4, -0.2) is 15.3 Å². The number of unbranched alkanes of at least 4 members (excludes halogenated alkanes) is 1. The van der Waals surface area contributed by atoms with Crippen LogP contribution in [0.3, 0.4) is 0 Å². The molecule has 0 N–H and O–H groups in total. The molecule has 0 bridgehead atoms. The number of carbonyl (C=O) groups is 1. The van der Waals surface area contributed by atoms with Gasteiger partial charge in [-0.1, -0.05) is 31.5 Å². The number of rotatable bonds is 5. The fraction of sp³-hybridized carbons (Fsp3) is 0.263. The molecule has 1 aromatic carbocycles. The molecular weight excluding hydrogens is 272 g/mol. The van der Waals surface area contributed by atoms with Crippen molar-refractivity contribution in [3.63, 3.8) is 0 Å². The van der Waals surface area contributed by atoms with E-state index in [-0.39, 0.29) is 5.78 Å². The van der Waals surface area contributed by atoms with Gasteiger partial charge >= 0.3 is 0 Å². The van der Waals surface area contributed by atoms with Crippen LogP contribution in [0.1, 0.15) is 41.4 Å². The van der Waals surface area contributed by atoms with Crippen molar-refractivity contribution < 1.29 is 4.79 Å². The summed E-state index contributed by atoms with van der Waals surface area (Å²) in [7, 11) is 2.05. The first-order chi connectivity index (χ1) is 10.7. The van der Waals surface area contributed by atoms with Crippen molar-refractivity contribution in [1.29, 1.82) is 0 Å². The van der Waals surface area contributed by atoms with Crippen LogP contribution in [0.2, 0.25) is 0 Å². The Morgan fingerprint density at radius 3 is 2.73 bits per heavy atom. The van der Waals surface area contributed by atoms with Crippen LogP contribution in [-0.2, 0) is 13.5 Å². The van der Waals surface area contributed by atoms with Gasteiger partial charge in [0, 0.05) is 41.6 Å². The lowest BCUT2D eigenvalue weighted by Crippen LogP contribution is -2.07. The molecule has 0 fully saturated rings. The van der Waals surface area contributed by atoms with E-state index in [2.05, 4.69) is 22.5 Å². The maximum absolute atomic E-state index is 13.0. The second-order valence-corrected chi connectivity index (χ2v) is 5.57. The lowest BCUT2D eigenvalue weighted by molar-refractivity contribution is 0.103. The van der Waals surface area contributed by atoms with Crippen molar-refractivity contribution in [2.24, 2.45) is 7.05 Å². The van der Waals surface area contributed by atoms with E-state index in [1.807, 2.05) is 37.4 Å². The number of hydrogen-bond acceptors (Lipinski definition) is 2. The number of fused-ring (bicyclic) bond motifs is 1. The number of para-hydroxylation sites is 1. The topological polar surface area (TPSA) is 34.9 Å². The predicted molar refractivity (Wildman–Crippen MR) is 89.2 cm³/mol. The van der Waals surface area contributed by atoms with Crippen LogP contribution in [0.25, 0.3) is 10.9 Å². The van der Waals surface area contributed by atoms with E-state index in [1.165, 1.54) is 0 Å². The third-order valence-corrected chi connectivity index (χ3v) is 4.15. The number of pyridine rings is 1. The van der Waals surface area contributed by atoms with Crippen LogP contribution in [0, 0.1) is 0 Å². The molecule has 3 rings (SSSR count). The molecule has 2 heterocycles. The molecule has 0 saturated heterocycles. The zero-order valence-electron chi connectivity index (χ0n) is 13.0. The van der Waals surface area contributed by atoms with Gasteiger partial charge in [0.05, 0.1) is 5.56 Å². The monoisotopic (exact) mass is 292 g/mol. The molecule has 3 aromatic rings. The summed E-state index contributed by atoms with van der Waals surface area (Å²) in [5.41, 5.74) is 3.72. The van der Waals surface area contributed by atoms with Crippen molar-refractivity contribution in [3.05, 3.63) is 65.6 Å². The quantitative estimate of drug-likeness (QED) is 0.662. The average molecular weight is 292 g/mol. The Labute approximate surface area is 130 Å². The Bertz CT molecular complexity index is 803. The smallest absolute Gasteiger partial charge is 0.197 e. The van der Waals surface area contributed by atoms with E-state index in [0.717, 1.165) is 41.4 Å². The Morgan fingerprint density at radius 1 is 1.18 bits per heavy atom. The maximum Gasteiger partial charge on any atom is 0.197 e. The summed E-state index contributed by atoms with van der Waals surface area (Å²) in [6, 6.07) is 11.8. The van der Waals surface area contributed by atoms with Gasteiger partial charge in [-0.25, -0.2) is 0 Å². The first-order valence-corrected chi connectivity index (χ1v) is 7.75. The minimum atomic E-state index is 0.0657. The zero-order chi connectivity index (χ0) is 15.5. The van der Waals surface area contributed by atoms with Gasteiger partial charge in [-0.05, 0) is 31.0 Å². The van der Waals surface area contributed by atoms with Gasteiger partial charge in [0.15, 0.2) is 5.78 Å². The molecule has 0 spiro atoms. The average Bonchev–Trinajstić information content (AvgIpc) is 2.86. The molecule has 0 aliphatic rings. The molecular formula is C19H20N2O. The minimum Gasteiger partial charge on any atom is -0.347 e. The summed E-state index contributed by atoms with van der Waals surface area (Å²) in [6.07, 6.45) is 6.45. The highest BCUT2D eigenvalue weighted by atomic mass is 16.1. The van der Waals surface area contributed by atoms with Crippen molar-refractivity contribution in [2.75, 3.05) is 0 Å². The van der Waals surface area contributed by atoms with Gasteiger partial charge < -0.3 is 4.57 Å². The summed E-state index contributed by atoms with van der Waals surface area (Å²) in [5.74, 6) is 0.0657. The number of benzene rings is 1. The van der Waals surface area contributed by atoms with E-state index in [0.29, 0.717) is 5.56 Å². The lowest BCUT2D eigenvalue weighted by atomic mass is 9.99. The lowest BCUT2D eigenvalue weighted by Gasteiger charge is -2.07. The van der Waals surface area contributed by atoms with Gasteiger partial charge in [-0.3, -0.25) is 9.78 Å². The van der Waals surface area contributed by atoms with Crippen molar-refractivity contribution in [2.45, 2.75) is 26.2 Å². The maximum atomic E-state index is 13.0. The molecule has 0 saturated carbocycles. The zero-order valence-corrected chi connectivity index (χ0v) is 13.0. The summed E-state index contributed by atoms with van der Waals surface area (Å²) in [6.45, 7) is 2.17. The third kappa shape index (κ3) is 2.43. The number of nitrogens with zero attached hydrogens (tertiary/aromatic N) is 2. The molecule has 0 aliphatic heterocycles. The Morgan fingerprint density at radius 2 is 2.00 bits per heavy atom. The fourth-order valence-electron chi connectivity index (χ4n) is 2.98. The highest BCUT2D eigenvalue weighted by molar-refractivity contribution is 6.17. The molecule has 0 aliphatic carbocycles. The number of hydrogen-bond donors (Lipinski definition) is 0. The summed E-state index contributed by atoms with van der Waals surface area (Å²) in [4.78, 5) is 17.1. The Hall–Kier alpha value is -2.42. The molecule has 0 atom stereocenters. The van der Waals surface area contributed by atoms with E-state index in [4.69, 9.17) is 0 Å². The van der Waals surface area contributed by atoms with Crippen molar-refractivity contribution >= 4 is 16.7 Å². The normalized spacial score (nSPS) is 11.0. The largest absolute Gasteiger partial charge is 0.347 e. The molecule has 112 valence electrons. The van der Waals surface area contributed by atoms with Gasteiger partial charge in [0.1, 0.15) is 0 Å². The van der Waals surface area contributed by atoms with Crippen LogP contribution < -0.4 is 0 Å². The Balaban J connectivity index is 2.20. The highest BCUT2D eigenvalue weighted by Crippen LogP contribution is 2.28. The van der Waals surface area contributed by atoms with E-state index in [1.54, 1.807) is 12.4 Å². The second kappa shape index (κ2) is 6.14. The number of aryl methyl sites for hydroxylation is 1. The van der Waals surface area contributed by atoms with E-state index >= 15 is 0 Å². The molecule has 0 unspecified atom stereocenters. The van der Waals surface area contributed by atoms with Gasteiger partial charge in [-0.15, -0.1) is 0 Å². The van der Waals surface area contributed by atoms with E-state index < -0.39 is 0 Å². The van der Waals surface area contributed by atoms with Gasteiger partial charge in [0.2, 0.25) is 0 Å². The summed E-state index contributed by atoms with van der Waals surface area (Å²) >= 11 is 0. The number of ketones is 1. The number of carbonyl (C=O) groups excluding carboxylic acids is 1. The third-order valence-electron chi connectivity index (χ3n) is 4.15. The highest BCUT2D eigenvalue weighted by Gasteiger charge is 2.21. The Kier molecular flexibility index (Phi) is 4.05. The molecule has 3 heteroatoms. The van der Waals surface area contributed by atoms with Crippen LogP contribution in [0.5, 0.6) is 0 Å². The molecule has 2 aromatic heterocycles. The SMILES string of the molecule is CCCCc1c(C(=O)c2cccnc2)c2ccccc2n1C. The molecule has 0 amide bonds. The molecule has 0 radical (unpaired) electrons.